The first kappa shape index (κ1) is 12.6. The van der Waals surface area contributed by atoms with Crippen LogP contribution in [0, 0.1) is 0 Å². The highest BCUT2D eigenvalue weighted by Crippen LogP contribution is 2.35. The normalized spacial score (nSPS) is 23.8. The highest BCUT2D eigenvalue weighted by Gasteiger charge is 2.36. The standard InChI is InChI=1S/C15H23NO/c1-10(2)16(11(3)4)14-9-12-7-5-6-8-13(12)15(14)17/h5-8,10-11,14-15,17H,9H2,1-4H3/t14-,15-/m1/s1. The number of hydrogen-bond acceptors (Lipinski definition) is 2. The highest BCUT2D eigenvalue weighted by atomic mass is 16.3. The van der Waals surface area contributed by atoms with Gasteiger partial charge in [0.1, 0.15) is 0 Å². The summed E-state index contributed by atoms with van der Waals surface area (Å²) >= 11 is 0. The van der Waals surface area contributed by atoms with Crippen LogP contribution in [0.1, 0.15) is 44.9 Å². The van der Waals surface area contributed by atoms with E-state index in [0.717, 1.165) is 12.0 Å². The molecule has 2 heteroatoms. The molecule has 1 N–H and O–H groups in total. The molecule has 0 fully saturated rings. The third-order valence-corrected chi connectivity index (χ3v) is 3.74. The Labute approximate surface area is 104 Å². The first-order valence-corrected chi connectivity index (χ1v) is 6.55. The third kappa shape index (κ3) is 2.24. The van der Waals surface area contributed by atoms with Crippen LogP contribution in [0.25, 0.3) is 0 Å². The Morgan fingerprint density at radius 2 is 1.71 bits per heavy atom. The monoisotopic (exact) mass is 233 g/mol. The van der Waals surface area contributed by atoms with E-state index >= 15 is 0 Å². The predicted octanol–water partition coefficient (Wildman–Crippen LogP) is 2.76. The molecule has 0 heterocycles. The zero-order chi connectivity index (χ0) is 12.6. The summed E-state index contributed by atoms with van der Waals surface area (Å²) in [6.45, 7) is 8.82. The van der Waals surface area contributed by atoms with Crippen LogP contribution in [0.5, 0.6) is 0 Å². The minimum Gasteiger partial charge on any atom is -0.387 e. The minimum atomic E-state index is -0.337. The molecule has 2 nitrogen and oxygen atoms in total. The lowest BCUT2D eigenvalue weighted by atomic mass is 10.1. The Morgan fingerprint density at radius 3 is 2.24 bits per heavy atom. The van der Waals surface area contributed by atoms with Crippen LogP contribution >= 0.6 is 0 Å². The van der Waals surface area contributed by atoms with Crippen molar-refractivity contribution in [3.63, 3.8) is 0 Å². The fourth-order valence-corrected chi connectivity index (χ4v) is 3.18. The third-order valence-electron chi connectivity index (χ3n) is 3.74. The summed E-state index contributed by atoms with van der Waals surface area (Å²) in [5, 5.41) is 10.5. The van der Waals surface area contributed by atoms with Crippen LogP contribution in [0.4, 0.5) is 0 Å². The SMILES string of the molecule is CC(C)N(C(C)C)[C@@H]1Cc2ccccc2[C@H]1O. The van der Waals surface area contributed by atoms with Gasteiger partial charge in [0.15, 0.2) is 0 Å². The smallest absolute Gasteiger partial charge is 0.0951 e. The summed E-state index contributed by atoms with van der Waals surface area (Å²) in [4.78, 5) is 2.42. The molecule has 2 atom stereocenters. The molecule has 0 spiro atoms. The maximum absolute atomic E-state index is 10.5. The molecule has 0 aliphatic heterocycles. The summed E-state index contributed by atoms with van der Waals surface area (Å²) in [5.41, 5.74) is 2.42. The Hall–Kier alpha value is -0.860. The van der Waals surface area contributed by atoms with Crippen LogP contribution in [0.3, 0.4) is 0 Å². The fourth-order valence-electron chi connectivity index (χ4n) is 3.18. The topological polar surface area (TPSA) is 23.5 Å². The number of rotatable bonds is 3. The average Bonchev–Trinajstić information content (AvgIpc) is 2.56. The lowest BCUT2D eigenvalue weighted by molar-refractivity contribution is 0.0224. The molecule has 0 unspecified atom stereocenters. The van der Waals surface area contributed by atoms with Crippen LogP contribution in [-0.4, -0.2) is 28.1 Å². The molecule has 0 amide bonds. The van der Waals surface area contributed by atoms with Gasteiger partial charge < -0.3 is 5.11 Å². The molecule has 1 aliphatic carbocycles. The zero-order valence-electron chi connectivity index (χ0n) is 11.2. The number of hydrogen-bond donors (Lipinski definition) is 1. The van der Waals surface area contributed by atoms with Crippen molar-refractivity contribution in [1.29, 1.82) is 0 Å². The van der Waals surface area contributed by atoms with E-state index < -0.39 is 0 Å². The Bertz CT molecular complexity index is 378. The largest absolute Gasteiger partial charge is 0.387 e. The van der Waals surface area contributed by atoms with E-state index in [-0.39, 0.29) is 12.1 Å². The zero-order valence-corrected chi connectivity index (χ0v) is 11.2. The number of benzene rings is 1. The molecular weight excluding hydrogens is 210 g/mol. The minimum absolute atomic E-state index is 0.229. The first-order chi connectivity index (χ1) is 8.02. The van der Waals surface area contributed by atoms with Gasteiger partial charge in [0.2, 0.25) is 0 Å². The molecule has 1 aliphatic rings. The van der Waals surface area contributed by atoms with Gasteiger partial charge in [-0.25, -0.2) is 0 Å². The molecule has 0 bridgehead atoms. The highest BCUT2D eigenvalue weighted by molar-refractivity contribution is 5.36. The maximum atomic E-state index is 10.5. The van der Waals surface area contributed by atoms with E-state index in [0.29, 0.717) is 12.1 Å². The second kappa shape index (κ2) is 4.79. The van der Waals surface area contributed by atoms with Crippen molar-refractivity contribution < 1.29 is 5.11 Å². The average molecular weight is 233 g/mol. The molecule has 17 heavy (non-hydrogen) atoms. The van der Waals surface area contributed by atoms with Gasteiger partial charge in [-0.3, -0.25) is 4.90 Å². The number of aliphatic hydroxyl groups is 1. The second-order valence-electron chi connectivity index (χ2n) is 5.55. The summed E-state index contributed by atoms with van der Waals surface area (Å²) in [6.07, 6.45) is 0.629. The Morgan fingerprint density at radius 1 is 1.12 bits per heavy atom. The number of fused-ring (bicyclic) bond motifs is 1. The lowest BCUT2D eigenvalue weighted by Gasteiger charge is -2.37. The van der Waals surface area contributed by atoms with Gasteiger partial charge in [0.25, 0.3) is 0 Å². The molecule has 0 radical (unpaired) electrons. The van der Waals surface area contributed by atoms with Crippen LogP contribution in [0.15, 0.2) is 24.3 Å². The van der Waals surface area contributed by atoms with Crippen molar-refractivity contribution in [3.05, 3.63) is 35.4 Å². The predicted molar refractivity (Wildman–Crippen MR) is 71.0 cm³/mol. The van der Waals surface area contributed by atoms with Crippen molar-refractivity contribution in [2.24, 2.45) is 0 Å². The molecule has 0 aromatic heterocycles. The Kier molecular flexibility index (Phi) is 3.55. The van der Waals surface area contributed by atoms with E-state index in [1.165, 1.54) is 5.56 Å². The molecule has 94 valence electrons. The molecule has 1 aromatic rings. The first-order valence-electron chi connectivity index (χ1n) is 6.55. The molecule has 0 saturated heterocycles. The van der Waals surface area contributed by atoms with Crippen molar-refractivity contribution >= 4 is 0 Å². The van der Waals surface area contributed by atoms with Gasteiger partial charge in [0, 0.05) is 18.1 Å². The molecule has 2 rings (SSSR count). The van der Waals surface area contributed by atoms with E-state index in [4.69, 9.17) is 0 Å². The van der Waals surface area contributed by atoms with Crippen LogP contribution in [-0.2, 0) is 6.42 Å². The fraction of sp³-hybridized carbons (Fsp3) is 0.600. The van der Waals surface area contributed by atoms with Gasteiger partial charge in [-0.2, -0.15) is 0 Å². The number of aliphatic hydroxyl groups excluding tert-OH is 1. The lowest BCUT2D eigenvalue weighted by Crippen LogP contribution is -2.47. The molecular formula is C15H23NO. The van der Waals surface area contributed by atoms with Crippen LogP contribution < -0.4 is 0 Å². The van der Waals surface area contributed by atoms with Gasteiger partial charge >= 0.3 is 0 Å². The van der Waals surface area contributed by atoms with Crippen molar-refractivity contribution in [2.45, 2.75) is 58.3 Å². The van der Waals surface area contributed by atoms with Crippen molar-refractivity contribution in [2.75, 3.05) is 0 Å². The quantitative estimate of drug-likeness (QED) is 0.867. The van der Waals surface area contributed by atoms with Gasteiger partial charge in [-0.1, -0.05) is 24.3 Å². The molecule has 0 saturated carbocycles. The van der Waals surface area contributed by atoms with E-state index in [1.54, 1.807) is 0 Å². The van der Waals surface area contributed by atoms with Gasteiger partial charge in [-0.15, -0.1) is 0 Å². The van der Waals surface area contributed by atoms with E-state index in [9.17, 15) is 5.11 Å². The van der Waals surface area contributed by atoms with Crippen molar-refractivity contribution in [1.82, 2.24) is 4.90 Å². The maximum Gasteiger partial charge on any atom is 0.0951 e. The molecule has 1 aromatic carbocycles. The summed E-state index contributed by atoms with van der Waals surface area (Å²) in [7, 11) is 0. The van der Waals surface area contributed by atoms with Crippen molar-refractivity contribution in [3.8, 4) is 0 Å². The van der Waals surface area contributed by atoms with Crippen LogP contribution in [0.2, 0.25) is 0 Å². The Balaban J connectivity index is 2.26. The summed E-state index contributed by atoms with van der Waals surface area (Å²) < 4.78 is 0. The summed E-state index contributed by atoms with van der Waals surface area (Å²) in [6, 6.07) is 9.42. The van der Waals surface area contributed by atoms with E-state index in [1.807, 2.05) is 6.07 Å². The van der Waals surface area contributed by atoms with E-state index in [2.05, 4.69) is 50.8 Å². The second-order valence-corrected chi connectivity index (χ2v) is 5.55. The van der Waals surface area contributed by atoms with Gasteiger partial charge in [0.05, 0.1) is 6.10 Å². The summed E-state index contributed by atoms with van der Waals surface area (Å²) in [5.74, 6) is 0. The number of nitrogens with zero attached hydrogens (tertiary/aromatic N) is 1. The van der Waals surface area contributed by atoms with Gasteiger partial charge in [-0.05, 0) is 45.2 Å².